The quantitative estimate of drug-likeness (QED) is 0.897. The Morgan fingerprint density at radius 2 is 2.12 bits per heavy atom. The van der Waals surface area contributed by atoms with Crippen LogP contribution in [0.4, 0.5) is 5.00 Å². The fourth-order valence-electron chi connectivity index (χ4n) is 1.73. The van der Waals surface area contributed by atoms with E-state index >= 15 is 0 Å². The molecule has 90 valence electrons. The fraction of sp³-hybridized carbons (Fsp3) is 0.231. The molecule has 0 bridgehead atoms. The van der Waals surface area contributed by atoms with Crippen LogP contribution < -0.4 is 10.5 Å². The molecule has 0 aliphatic carbocycles. The molecule has 1 aromatic heterocycles. The standard InChI is InChI=1S/C13H14ClNOS/c1-3-16-12-5-4-9(6-11(12)14)10-7-13(15)17-8(10)2/h4-7H,3,15H2,1-2H3. The summed E-state index contributed by atoms with van der Waals surface area (Å²) < 4.78 is 5.41. The van der Waals surface area contributed by atoms with Crippen LogP contribution >= 0.6 is 22.9 Å². The van der Waals surface area contributed by atoms with Crippen LogP contribution in [0.25, 0.3) is 11.1 Å². The van der Waals surface area contributed by atoms with Gasteiger partial charge in [0, 0.05) is 4.88 Å². The van der Waals surface area contributed by atoms with E-state index < -0.39 is 0 Å². The number of aryl methyl sites for hydroxylation is 1. The van der Waals surface area contributed by atoms with Crippen LogP contribution in [0, 0.1) is 6.92 Å². The number of ether oxygens (including phenoxy) is 1. The second kappa shape index (κ2) is 4.98. The van der Waals surface area contributed by atoms with E-state index in [4.69, 9.17) is 22.1 Å². The van der Waals surface area contributed by atoms with E-state index in [2.05, 4.69) is 6.92 Å². The minimum Gasteiger partial charge on any atom is -0.492 e. The summed E-state index contributed by atoms with van der Waals surface area (Å²) in [6.45, 7) is 4.61. The van der Waals surface area contributed by atoms with Crippen LogP contribution in [0.1, 0.15) is 11.8 Å². The number of hydrogen-bond acceptors (Lipinski definition) is 3. The van der Waals surface area contributed by atoms with Gasteiger partial charge in [-0.05, 0) is 43.2 Å². The predicted molar refractivity (Wildman–Crippen MR) is 75.1 cm³/mol. The summed E-state index contributed by atoms with van der Waals surface area (Å²) >= 11 is 7.75. The van der Waals surface area contributed by atoms with Gasteiger partial charge in [-0.25, -0.2) is 0 Å². The van der Waals surface area contributed by atoms with Gasteiger partial charge in [-0.3, -0.25) is 0 Å². The molecule has 2 aromatic rings. The smallest absolute Gasteiger partial charge is 0.137 e. The molecule has 0 aliphatic heterocycles. The minimum absolute atomic E-state index is 0.615. The molecule has 0 saturated carbocycles. The normalized spacial score (nSPS) is 10.5. The molecule has 17 heavy (non-hydrogen) atoms. The van der Waals surface area contributed by atoms with Crippen molar-refractivity contribution in [3.63, 3.8) is 0 Å². The van der Waals surface area contributed by atoms with Crippen molar-refractivity contribution < 1.29 is 4.74 Å². The van der Waals surface area contributed by atoms with Crippen molar-refractivity contribution in [2.75, 3.05) is 12.3 Å². The highest BCUT2D eigenvalue weighted by Crippen LogP contribution is 2.36. The molecule has 2 rings (SSSR count). The molecule has 2 N–H and O–H groups in total. The summed E-state index contributed by atoms with van der Waals surface area (Å²) in [6, 6.07) is 7.80. The van der Waals surface area contributed by atoms with Crippen molar-refractivity contribution >= 4 is 27.9 Å². The summed E-state index contributed by atoms with van der Waals surface area (Å²) in [7, 11) is 0. The number of anilines is 1. The topological polar surface area (TPSA) is 35.2 Å². The number of nitrogens with two attached hydrogens (primary N) is 1. The van der Waals surface area contributed by atoms with E-state index in [1.807, 2.05) is 31.2 Å². The third kappa shape index (κ3) is 2.56. The molecule has 0 unspecified atom stereocenters. The van der Waals surface area contributed by atoms with Crippen LogP contribution in [0.2, 0.25) is 5.02 Å². The first-order valence-electron chi connectivity index (χ1n) is 5.40. The molecule has 0 radical (unpaired) electrons. The Hall–Kier alpha value is -1.19. The van der Waals surface area contributed by atoms with Gasteiger partial charge < -0.3 is 10.5 Å². The number of nitrogen functional groups attached to an aromatic ring is 1. The second-order valence-corrected chi connectivity index (χ2v) is 5.39. The first-order valence-corrected chi connectivity index (χ1v) is 6.60. The van der Waals surface area contributed by atoms with E-state index in [1.165, 1.54) is 4.88 Å². The van der Waals surface area contributed by atoms with Crippen LogP contribution in [0.5, 0.6) is 5.75 Å². The Morgan fingerprint density at radius 1 is 1.35 bits per heavy atom. The van der Waals surface area contributed by atoms with Crippen molar-refractivity contribution in [1.82, 2.24) is 0 Å². The van der Waals surface area contributed by atoms with Crippen molar-refractivity contribution in [2.24, 2.45) is 0 Å². The molecular formula is C13H14ClNOS. The first-order chi connectivity index (χ1) is 8.11. The van der Waals surface area contributed by atoms with Crippen LogP contribution in [-0.2, 0) is 0 Å². The molecule has 1 heterocycles. The largest absolute Gasteiger partial charge is 0.492 e. The summed E-state index contributed by atoms with van der Waals surface area (Å²) in [4.78, 5) is 1.20. The zero-order valence-corrected chi connectivity index (χ0v) is 11.4. The van der Waals surface area contributed by atoms with Gasteiger partial charge in [0.2, 0.25) is 0 Å². The molecular weight excluding hydrogens is 254 g/mol. The summed E-state index contributed by atoms with van der Waals surface area (Å²) in [5, 5.41) is 1.45. The lowest BCUT2D eigenvalue weighted by atomic mass is 10.1. The summed E-state index contributed by atoms with van der Waals surface area (Å²) in [6.07, 6.45) is 0. The Kier molecular flexibility index (Phi) is 3.60. The second-order valence-electron chi connectivity index (χ2n) is 3.70. The molecule has 0 aliphatic rings. The van der Waals surface area contributed by atoms with Crippen LogP contribution in [-0.4, -0.2) is 6.61 Å². The molecule has 1 aromatic carbocycles. The van der Waals surface area contributed by atoms with Crippen molar-refractivity contribution in [3.05, 3.63) is 34.2 Å². The summed E-state index contributed by atoms with van der Waals surface area (Å²) in [5.41, 5.74) is 8.00. The Morgan fingerprint density at radius 3 is 2.65 bits per heavy atom. The van der Waals surface area contributed by atoms with Gasteiger partial charge in [0.1, 0.15) is 5.75 Å². The van der Waals surface area contributed by atoms with Crippen LogP contribution in [0.15, 0.2) is 24.3 Å². The summed E-state index contributed by atoms with van der Waals surface area (Å²) in [5.74, 6) is 0.721. The predicted octanol–water partition coefficient (Wildman–Crippen LogP) is 4.36. The number of thiophene rings is 1. The third-order valence-corrected chi connectivity index (χ3v) is 3.65. The lowest BCUT2D eigenvalue weighted by molar-refractivity contribution is 0.340. The van der Waals surface area contributed by atoms with Gasteiger partial charge in [0.05, 0.1) is 16.6 Å². The van der Waals surface area contributed by atoms with E-state index in [1.54, 1.807) is 11.3 Å². The molecule has 2 nitrogen and oxygen atoms in total. The monoisotopic (exact) mass is 267 g/mol. The molecule has 0 spiro atoms. The highest BCUT2D eigenvalue weighted by Gasteiger charge is 2.09. The van der Waals surface area contributed by atoms with Gasteiger partial charge in [-0.2, -0.15) is 0 Å². The number of benzene rings is 1. The van der Waals surface area contributed by atoms with E-state index in [0.29, 0.717) is 11.6 Å². The maximum Gasteiger partial charge on any atom is 0.137 e. The lowest BCUT2D eigenvalue weighted by Gasteiger charge is -2.07. The van der Waals surface area contributed by atoms with Crippen molar-refractivity contribution in [1.29, 1.82) is 0 Å². The Bertz CT molecular complexity index is 536. The van der Waals surface area contributed by atoms with Crippen LogP contribution in [0.3, 0.4) is 0 Å². The number of halogens is 1. The SMILES string of the molecule is CCOc1ccc(-c2cc(N)sc2C)cc1Cl. The zero-order chi connectivity index (χ0) is 12.4. The fourth-order valence-corrected chi connectivity index (χ4v) is 2.78. The Balaban J connectivity index is 2.41. The van der Waals surface area contributed by atoms with Gasteiger partial charge in [-0.15, -0.1) is 11.3 Å². The zero-order valence-electron chi connectivity index (χ0n) is 9.79. The third-order valence-electron chi connectivity index (χ3n) is 2.48. The van der Waals surface area contributed by atoms with Gasteiger partial charge >= 0.3 is 0 Å². The van der Waals surface area contributed by atoms with Crippen molar-refractivity contribution in [2.45, 2.75) is 13.8 Å². The van der Waals surface area contributed by atoms with E-state index in [9.17, 15) is 0 Å². The van der Waals surface area contributed by atoms with Gasteiger partial charge in [0.15, 0.2) is 0 Å². The lowest BCUT2D eigenvalue weighted by Crippen LogP contribution is -1.92. The van der Waals surface area contributed by atoms with E-state index in [-0.39, 0.29) is 0 Å². The maximum atomic E-state index is 6.16. The number of hydrogen-bond donors (Lipinski definition) is 1. The number of rotatable bonds is 3. The Labute approximate surface area is 110 Å². The van der Waals surface area contributed by atoms with Gasteiger partial charge in [-0.1, -0.05) is 17.7 Å². The molecule has 0 saturated heterocycles. The molecule has 0 atom stereocenters. The molecule has 4 heteroatoms. The van der Waals surface area contributed by atoms with E-state index in [0.717, 1.165) is 21.9 Å². The average molecular weight is 268 g/mol. The highest BCUT2D eigenvalue weighted by atomic mass is 35.5. The first kappa shape index (κ1) is 12.3. The highest BCUT2D eigenvalue weighted by molar-refractivity contribution is 7.16. The average Bonchev–Trinajstić information content (AvgIpc) is 2.61. The van der Waals surface area contributed by atoms with Gasteiger partial charge in [0.25, 0.3) is 0 Å². The molecule has 0 fully saturated rings. The minimum atomic E-state index is 0.615. The van der Waals surface area contributed by atoms with Crippen molar-refractivity contribution in [3.8, 4) is 16.9 Å². The molecule has 0 amide bonds. The maximum absolute atomic E-state index is 6.16.